The lowest BCUT2D eigenvalue weighted by atomic mass is 10.2. The number of nitrogens with zero attached hydrogens (tertiary/aromatic N) is 3. The molecule has 1 aromatic carbocycles. The molecule has 0 amide bonds. The lowest BCUT2D eigenvalue weighted by molar-refractivity contribution is 0.0339. The van der Waals surface area contributed by atoms with Crippen molar-refractivity contribution in [3.8, 4) is 5.69 Å². The smallest absolute Gasteiger partial charge is 0.276 e. The summed E-state index contributed by atoms with van der Waals surface area (Å²) in [6.07, 6.45) is 0. The lowest BCUT2D eigenvalue weighted by Crippen LogP contribution is -2.37. The van der Waals surface area contributed by atoms with Crippen LogP contribution in [0.4, 0.5) is 0 Å². The molecule has 0 unspecified atom stereocenters. The average Bonchev–Trinajstić information content (AvgIpc) is 2.73. The number of hydrogen-bond acceptors (Lipinski definition) is 3. The van der Waals surface area contributed by atoms with Crippen LogP contribution in [0.5, 0.6) is 0 Å². The van der Waals surface area contributed by atoms with E-state index in [4.69, 9.17) is 4.74 Å². The zero-order valence-electron chi connectivity index (χ0n) is 12.6. The van der Waals surface area contributed by atoms with E-state index in [1.807, 2.05) is 49.0 Å². The van der Waals surface area contributed by atoms with Crippen LogP contribution in [0.2, 0.25) is 0 Å². The SMILES string of the molecule is Cc1c(CN2CCOCC2)c(=O)n(-c2ccccc2)n1C. The van der Waals surface area contributed by atoms with Crippen molar-refractivity contribution in [2.24, 2.45) is 7.05 Å². The molecule has 112 valence electrons. The van der Waals surface area contributed by atoms with Gasteiger partial charge in [-0.3, -0.25) is 14.4 Å². The highest BCUT2D eigenvalue weighted by Gasteiger charge is 2.19. The van der Waals surface area contributed by atoms with Crippen LogP contribution in [-0.4, -0.2) is 40.6 Å². The predicted molar refractivity (Wildman–Crippen MR) is 81.8 cm³/mol. The second-order valence-corrected chi connectivity index (χ2v) is 5.43. The topological polar surface area (TPSA) is 39.4 Å². The normalized spacial score (nSPS) is 16.3. The molecule has 1 aliphatic heterocycles. The number of para-hydroxylation sites is 1. The van der Waals surface area contributed by atoms with Gasteiger partial charge >= 0.3 is 0 Å². The van der Waals surface area contributed by atoms with Crippen molar-refractivity contribution >= 4 is 0 Å². The summed E-state index contributed by atoms with van der Waals surface area (Å²) in [7, 11) is 1.94. The quantitative estimate of drug-likeness (QED) is 0.854. The molecular formula is C16H21N3O2. The first kappa shape index (κ1) is 14.1. The van der Waals surface area contributed by atoms with Gasteiger partial charge in [0.25, 0.3) is 5.56 Å². The van der Waals surface area contributed by atoms with Crippen molar-refractivity contribution in [1.29, 1.82) is 0 Å². The maximum atomic E-state index is 12.8. The number of aromatic nitrogens is 2. The Balaban J connectivity index is 1.97. The summed E-state index contributed by atoms with van der Waals surface area (Å²) in [6, 6.07) is 9.77. The molecule has 1 aliphatic rings. The number of morpholine rings is 1. The second kappa shape index (κ2) is 5.87. The summed E-state index contributed by atoms with van der Waals surface area (Å²) >= 11 is 0. The van der Waals surface area contributed by atoms with E-state index in [2.05, 4.69) is 4.90 Å². The Hall–Kier alpha value is -1.85. The number of rotatable bonds is 3. The molecular weight excluding hydrogens is 266 g/mol. The van der Waals surface area contributed by atoms with Crippen molar-refractivity contribution in [1.82, 2.24) is 14.3 Å². The van der Waals surface area contributed by atoms with Crippen LogP contribution < -0.4 is 5.56 Å². The van der Waals surface area contributed by atoms with Crippen molar-refractivity contribution in [3.05, 3.63) is 51.9 Å². The fourth-order valence-electron chi connectivity index (χ4n) is 2.79. The molecule has 0 radical (unpaired) electrons. The van der Waals surface area contributed by atoms with Crippen LogP contribution in [-0.2, 0) is 18.3 Å². The lowest BCUT2D eigenvalue weighted by Gasteiger charge is -2.26. The molecule has 1 aromatic heterocycles. The minimum Gasteiger partial charge on any atom is -0.379 e. The molecule has 0 spiro atoms. The van der Waals surface area contributed by atoms with Crippen LogP contribution in [0, 0.1) is 6.92 Å². The first-order chi connectivity index (χ1) is 10.2. The Labute approximate surface area is 124 Å². The van der Waals surface area contributed by atoms with Crippen LogP contribution in [0.1, 0.15) is 11.3 Å². The maximum absolute atomic E-state index is 12.8. The first-order valence-corrected chi connectivity index (χ1v) is 7.31. The van der Waals surface area contributed by atoms with E-state index in [1.165, 1.54) is 0 Å². The fraction of sp³-hybridized carbons (Fsp3) is 0.438. The van der Waals surface area contributed by atoms with Gasteiger partial charge in [-0.25, -0.2) is 4.68 Å². The van der Waals surface area contributed by atoms with E-state index in [0.717, 1.165) is 43.2 Å². The van der Waals surface area contributed by atoms with Gasteiger partial charge in [0.05, 0.1) is 24.5 Å². The summed E-state index contributed by atoms with van der Waals surface area (Å²) in [5, 5.41) is 0. The highest BCUT2D eigenvalue weighted by atomic mass is 16.5. The standard InChI is InChI=1S/C16H21N3O2/c1-13-15(12-18-8-10-21-11-9-18)16(20)19(17(13)2)14-6-4-3-5-7-14/h3-7H,8-12H2,1-2H3. The van der Waals surface area contributed by atoms with Crippen molar-refractivity contribution < 1.29 is 4.74 Å². The van der Waals surface area contributed by atoms with Gasteiger partial charge in [-0.1, -0.05) is 18.2 Å². The molecule has 21 heavy (non-hydrogen) atoms. The van der Waals surface area contributed by atoms with Crippen molar-refractivity contribution in [3.63, 3.8) is 0 Å². The highest BCUT2D eigenvalue weighted by molar-refractivity contribution is 5.33. The number of benzene rings is 1. The molecule has 2 aromatic rings. The molecule has 5 nitrogen and oxygen atoms in total. The minimum atomic E-state index is 0.0766. The van der Waals surface area contributed by atoms with Crippen LogP contribution >= 0.6 is 0 Å². The summed E-state index contributed by atoms with van der Waals surface area (Å²) in [4.78, 5) is 15.0. The molecule has 1 saturated heterocycles. The number of ether oxygens (including phenoxy) is 1. The average molecular weight is 287 g/mol. The monoisotopic (exact) mass is 287 g/mol. The molecule has 1 fully saturated rings. The molecule has 5 heteroatoms. The molecule has 0 atom stereocenters. The summed E-state index contributed by atoms with van der Waals surface area (Å²) in [6.45, 7) is 5.98. The van der Waals surface area contributed by atoms with Gasteiger partial charge in [-0.15, -0.1) is 0 Å². The third kappa shape index (κ3) is 2.66. The summed E-state index contributed by atoms with van der Waals surface area (Å²) in [5.74, 6) is 0. The van der Waals surface area contributed by atoms with Gasteiger partial charge in [0, 0.05) is 32.4 Å². The van der Waals surface area contributed by atoms with Gasteiger partial charge in [0.1, 0.15) is 0 Å². The van der Waals surface area contributed by atoms with Gasteiger partial charge in [-0.2, -0.15) is 0 Å². The van der Waals surface area contributed by atoms with E-state index < -0.39 is 0 Å². The minimum absolute atomic E-state index is 0.0766. The summed E-state index contributed by atoms with van der Waals surface area (Å²) in [5.41, 5.74) is 2.88. The van der Waals surface area contributed by atoms with E-state index in [9.17, 15) is 4.79 Å². The van der Waals surface area contributed by atoms with Crippen molar-refractivity contribution in [2.45, 2.75) is 13.5 Å². The van der Waals surface area contributed by atoms with Gasteiger partial charge in [0.15, 0.2) is 0 Å². The Morgan fingerprint density at radius 2 is 1.81 bits per heavy atom. The Bertz CT molecular complexity index is 667. The number of hydrogen-bond donors (Lipinski definition) is 0. The van der Waals surface area contributed by atoms with E-state index >= 15 is 0 Å². The third-order valence-electron chi connectivity index (χ3n) is 4.16. The zero-order valence-corrected chi connectivity index (χ0v) is 12.6. The van der Waals surface area contributed by atoms with Gasteiger partial charge in [0.2, 0.25) is 0 Å². The third-order valence-corrected chi connectivity index (χ3v) is 4.16. The van der Waals surface area contributed by atoms with E-state index in [-0.39, 0.29) is 5.56 Å². The van der Waals surface area contributed by atoms with Gasteiger partial charge < -0.3 is 4.74 Å². The van der Waals surface area contributed by atoms with E-state index in [1.54, 1.807) is 4.68 Å². The summed E-state index contributed by atoms with van der Waals surface area (Å²) < 4.78 is 9.05. The van der Waals surface area contributed by atoms with Crippen LogP contribution in [0.15, 0.2) is 35.1 Å². The first-order valence-electron chi connectivity index (χ1n) is 7.31. The molecule has 2 heterocycles. The van der Waals surface area contributed by atoms with Crippen LogP contribution in [0.25, 0.3) is 5.69 Å². The molecule has 0 bridgehead atoms. The molecule has 0 N–H and O–H groups in total. The Morgan fingerprint density at radius 1 is 1.14 bits per heavy atom. The Morgan fingerprint density at radius 3 is 2.48 bits per heavy atom. The fourth-order valence-corrected chi connectivity index (χ4v) is 2.79. The zero-order chi connectivity index (χ0) is 14.8. The Kier molecular flexibility index (Phi) is 3.94. The van der Waals surface area contributed by atoms with Crippen molar-refractivity contribution in [2.75, 3.05) is 26.3 Å². The molecule has 0 aliphatic carbocycles. The largest absolute Gasteiger partial charge is 0.379 e. The maximum Gasteiger partial charge on any atom is 0.276 e. The molecule has 3 rings (SSSR count). The predicted octanol–water partition coefficient (Wildman–Crippen LogP) is 1.32. The molecule has 0 saturated carbocycles. The second-order valence-electron chi connectivity index (χ2n) is 5.43. The highest BCUT2D eigenvalue weighted by Crippen LogP contribution is 2.12. The van der Waals surface area contributed by atoms with Gasteiger partial charge in [-0.05, 0) is 19.1 Å². The van der Waals surface area contributed by atoms with E-state index in [0.29, 0.717) is 6.54 Å². The van der Waals surface area contributed by atoms with Crippen LogP contribution in [0.3, 0.4) is 0 Å².